The van der Waals surface area contributed by atoms with Gasteiger partial charge in [0.25, 0.3) is 0 Å². The minimum absolute atomic E-state index is 0.0522. The molecule has 31 heavy (non-hydrogen) atoms. The molecule has 7 nitrogen and oxygen atoms in total. The summed E-state index contributed by atoms with van der Waals surface area (Å²) in [5.74, 6) is -0.314. The summed E-state index contributed by atoms with van der Waals surface area (Å²) in [5.41, 5.74) is 1.86. The van der Waals surface area contributed by atoms with Gasteiger partial charge in [0.15, 0.2) is 0 Å². The molecule has 2 aromatic carbocycles. The molecule has 10 heteroatoms. The standard InChI is InChI=1S/C21H22ClFN4O3S/c1-26-19-5-3-2-4-18(19)25-20(26)13-24-21(28)14-8-10-27(11-9-14)31(29,30)15-6-7-17(23)16(22)12-15/h2-7,12,14H,8-11,13H2,1H3,(H,24,28). The number of benzene rings is 2. The summed E-state index contributed by atoms with van der Waals surface area (Å²) in [6.45, 7) is 0.722. The van der Waals surface area contributed by atoms with Crippen LogP contribution in [-0.4, -0.2) is 41.3 Å². The molecule has 1 aliphatic rings. The minimum atomic E-state index is -3.79. The number of rotatable bonds is 5. The van der Waals surface area contributed by atoms with Crippen molar-refractivity contribution in [2.45, 2.75) is 24.3 Å². The molecule has 0 bridgehead atoms. The number of nitrogens with zero attached hydrogens (tertiary/aromatic N) is 3. The third-order valence-electron chi connectivity index (χ3n) is 5.65. The van der Waals surface area contributed by atoms with Crippen molar-refractivity contribution in [1.29, 1.82) is 0 Å². The van der Waals surface area contributed by atoms with Crippen molar-refractivity contribution in [3.8, 4) is 0 Å². The van der Waals surface area contributed by atoms with E-state index in [1.54, 1.807) is 0 Å². The highest BCUT2D eigenvalue weighted by atomic mass is 35.5. The van der Waals surface area contributed by atoms with Gasteiger partial charge in [0.1, 0.15) is 11.6 Å². The lowest BCUT2D eigenvalue weighted by molar-refractivity contribution is -0.126. The monoisotopic (exact) mass is 464 g/mol. The number of halogens is 2. The van der Waals surface area contributed by atoms with Crippen molar-refractivity contribution < 1.29 is 17.6 Å². The Balaban J connectivity index is 1.36. The number of imidazole rings is 1. The Morgan fingerprint density at radius 1 is 1.23 bits per heavy atom. The molecule has 1 amide bonds. The first-order chi connectivity index (χ1) is 14.8. The first-order valence-electron chi connectivity index (χ1n) is 9.90. The zero-order valence-corrected chi connectivity index (χ0v) is 18.5. The largest absolute Gasteiger partial charge is 0.349 e. The van der Waals surface area contributed by atoms with Crippen LogP contribution in [-0.2, 0) is 28.4 Å². The van der Waals surface area contributed by atoms with E-state index in [-0.39, 0.29) is 34.8 Å². The number of carbonyl (C=O) groups excluding carboxylic acids is 1. The predicted molar refractivity (Wildman–Crippen MR) is 115 cm³/mol. The van der Waals surface area contributed by atoms with Gasteiger partial charge >= 0.3 is 0 Å². The van der Waals surface area contributed by atoms with Crippen LogP contribution < -0.4 is 5.32 Å². The molecule has 1 saturated heterocycles. The molecule has 4 rings (SSSR count). The van der Waals surface area contributed by atoms with Gasteiger partial charge in [-0.25, -0.2) is 17.8 Å². The SMILES string of the molecule is Cn1c(CNC(=O)C2CCN(S(=O)(=O)c3ccc(F)c(Cl)c3)CC2)nc2ccccc21. The van der Waals surface area contributed by atoms with Gasteiger partial charge in [-0.15, -0.1) is 0 Å². The zero-order chi connectivity index (χ0) is 22.2. The highest BCUT2D eigenvalue weighted by molar-refractivity contribution is 7.89. The molecule has 0 aliphatic carbocycles. The highest BCUT2D eigenvalue weighted by Gasteiger charge is 2.32. The number of amides is 1. The van der Waals surface area contributed by atoms with E-state index in [0.29, 0.717) is 19.4 Å². The summed E-state index contributed by atoms with van der Waals surface area (Å²) < 4.78 is 42.2. The van der Waals surface area contributed by atoms with Gasteiger partial charge in [-0.05, 0) is 43.2 Å². The van der Waals surface area contributed by atoms with Gasteiger partial charge in [0.05, 0.1) is 27.5 Å². The maximum atomic E-state index is 13.4. The van der Waals surface area contributed by atoms with Crippen LogP contribution in [0.5, 0.6) is 0 Å². The number of nitrogens with one attached hydrogen (secondary N) is 1. The van der Waals surface area contributed by atoms with Gasteiger partial charge in [0.2, 0.25) is 15.9 Å². The second kappa shape index (κ2) is 8.57. The molecule has 0 radical (unpaired) electrons. The van der Waals surface area contributed by atoms with Gasteiger partial charge < -0.3 is 9.88 Å². The van der Waals surface area contributed by atoms with Crippen LogP contribution in [0.2, 0.25) is 5.02 Å². The number of fused-ring (bicyclic) bond motifs is 1. The lowest BCUT2D eigenvalue weighted by Crippen LogP contribution is -2.43. The zero-order valence-electron chi connectivity index (χ0n) is 16.9. The number of hydrogen-bond acceptors (Lipinski definition) is 4. The van der Waals surface area contributed by atoms with Crippen molar-refractivity contribution in [1.82, 2.24) is 19.2 Å². The van der Waals surface area contributed by atoms with Gasteiger partial charge in [0, 0.05) is 26.1 Å². The Labute approximate surface area is 184 Å². The normalized spacial score (nSPS) is 16.0. The summed E-state index contributed by atoms with van der Waals surface area (Å²) >= 11 is 5.73. The summed E-state index contributed by atoms with van der Waals surface area (Å²) in [4.78, 5) is 17.1. The van der Waals surface area contributed by atoms with Crippen molar-refractivity contribution in [3.63, 3.8) is 0 Å². The average molecular weight is 465 g/mol. The molecule has 0 saturated carbocycles. The topological polar surface area (TPSA) is 84.3 Å². The molecule has 3 aromatic rings. The number of aryl methyl sites for hydroxylation is 1. The van der Waals surface area contributed by atoms with Crippen molar-refractivity contribution in [2.75, 3.05) is 13.1 Å². The van der Waals surface area contributed by atoms with Crippen LogP contribution in [0.1, 0.15) is 18.7 Å². The Morgan fingerprint density at radius 2 is 1.94 bits per heavy atom. The van der Waals surface area contributed by atoms with Crippen LogP contribution in [0, 0.1) is 11.7 Å². The molecular weight excluding hydrogens is 443 g/mol. The van der Waals surface area contributed by atoms with Crippen LogP contribution in [0.3, 0.4) is 0 Å². The van der Waals surface area contributed by atoms with E-state index in [9.17, 15) is 17.6 Å². The number of sulfonamides is 1. The van der Waals surface area contributed by atoms with Crippen molar-refractivity contribution >= 4 is 38.6 Å². The fourth-order valence-corrected chi connectivity index (χ4v) is 5.55. The highest BCUT2D eigenvalue weighted by Crippen LogP contribution is 2.26. The molecule has 0 atom stereocenters. The van der Waals surface area contributed by atoms with Crippen molar-refractivity contribution in [2.24, 2.45) is 13.0 Å². The van der Waals surface area contributed by atoms with E-state index < -0.39 is 15.8 Å². The Hall–Kier alpha value is -2.49. The third kappa shape index (κ3) is 4.30. The molecule has 1 fully saturated rings. The summed E-state index contributed by atoms with van der Waals surface area (Å²) in [6, 6.07) is 11.1. The van der Waals surface area contributed by atoms with Crippen LogP contribution in [0.4, 0.5) is 4.39 Å². The molecular formula is C21H22ClFN4O3S. The number of carbonyl (C=O) groups is 1. The van der Waals surface area contributed by atoms with Gasteiger partial charge in [-0.1, -0.05) is 23.7 Å². The molecule has 2 heterocycles. The third-order valence-corrected chi connectivity index (χ3v) is 7.84. The number of aromatic nitrogens is 2. The van der Waals surface area contributed by atoms with Crippen molar-refractivity contribution in [3.05, 3.63) is 59.1 Å². The fraction of sp³-hybridized carbons (Fsp3) is 0.333. The first-order valence-corrected chi connectivity index (χ1v) is 11.7. The second-order valence-electron chi connectivity index (χ2n) is 7.55. The van der Waals surface area contributed by atoms with E-state index >= 15 is 0 Å². The maximum Gasteiger partial charge on any atom is 0.243 e. The quantitative estimate of drug-likeness (QED) is 0.629. The number of piperidine rings is 1. The molecule has 1 N–H and O–H groups in total. The maximum absolute atomic E-state index is 13.4. The molecule has 0 unspecified atom stereocenters. The van der Waals surface area contributed by atoms with Gasteiger partial charge in [-0.2, -0.15) is 4.31 Å². The fourth-order valence-electron chi connectivity index (χ4n) is 3.81. The van der Waals surface area contributed by atoms with Crippen LogP contribution in [0.15, 0.2) is 47.4 Å². The first kappa shape index (κ1) is 21.7. The molecule has 1 aliphatic heterocycles. The number of hydrogen-bond donors (Lipinski definition) is 1. The Morgan fingerprint density at radius 3 is 2.61 bits per heavy atom. The number of para-hydroxylation sites is 2. The lowest BCUT2D eigenvalue weighted by atomic mass is 9.97. The lowest BCUT2D eigenvalue weighted by Gasteiger charge is -2.30. The van der Waals surface area contributed by atoms with Gasteiger partial charge in [-0.3, -0.25) is 4.79 Å². The van der Waals surface area contributed by atoms with Crippen LogP contribution in [0.25, 0.3) is 11.0 Å². The Kier molecular flexibility index (Phi) is 6.00. The molecule has 164 valence electrons. The summed E-state index contributed by atoms with van der Waals surface area (Å²) in [6.07, 6.45) is 0.811. The minimum Gasteiger partial charge on any atom is -0.349 e. The van der Waals surface area contributed by atoms with E-state index in [1.807, 2.05) is 35.9 Å². The smallest absolute Gasteiger partial charge is 0.243 e. The summed E-state index contributed by atoms with van der Waals surface area (Å²) in [5, 5.41) is 2.68. The summed E-state index contributed by atoms with van der Waals surface area (Å²) in [7, 11) is -1.88. The Bertz CT molecular complexity index is 1240. The van der Waals surface area contributed by atoms with E-state index in [1.165, 1.54) is 10.4 Å². The molecule has 0 spiro atoms. The van der Waals surface area contributed by atoms with E-state index in [4.69, 9.17) is 11.6 Å². The second-order valence-corrected chi connectivity index (χ2v) is 9.89. The predicted octanol–water partition coefficient (Wildman–Crippen LogP) is 3.08. The van der Waals surface area contributed by atoms with E-state index in [0.717, 1.165) is 29.0 Å². The average Bonchev–Trinajstić information content (AvgIpc) is 3.09. The van der Waals surface area contributed by atoms with Crippen LogP contribution >= 0.6 is 11.6 Å². The van der Waals surface area contributed by atoms with E-state index in [2.05, 4.69) is 10.3 Å². The molecule has 1 aromatic heterocycles.